The third-order valence-electron chi connectivity index (χ3n) is 1.63. The van der Waals surface area contributed by atoms with Gasteiger partial charge in [0.15, 0.2) is 0 Å². The van der Waals surface area contributed by atoms with Crippen LogP contribution < -0.4 is 0 Å². The van der Waals surface area contributed by atoms with E-state index in [1.165, 1.54) is 11.3 Å². The summed E-state index contributed by atoms with van der Waals surface area (Å²) in [6, 6.07) is 0. The van der Waals surface area contributed by atoms with Crippen molar-refractivity contribution in [2.75, 3.05) is 11.6 Å². The molecule has 0 bridgehead atoms. The van der Waals surface area contributed by atoms with Crippen LogP contribution >= 0.6 is 22.9 Å². The van der Waals surface area contributed by atoms with Crippen LogP contribution in [0.5, 0.6) is 0 Å². The van der Waals surface area contributed by atoms with Crippen molar-refractivity contribution in [2.24, 2.45) is 5.92 Å². The van der Waals surface area contributed by atoms with Crippen LogP contribution in [0.15, 0.2) is 9.72 Å². The number of aryl methyl sites for hydroxylation is 1. The Hall–Kier alpha value is -0.130. The summed E-state index contributed by atoms with van der Waals surface area (Å²) in [6.07, 6.45) is 0. The van der Waals surface area contributed by atoms with E-state index in [9.17, 15) is 8.42 Å². The minimum atomic E-state index is -3.23. The molecule has 0 spiro atoms. The number of hydrogen-bond donors (Lipinski definition) is 0. The maximum absolute atomic E-state index is 11.7. The molecule has 1 unspecified atom stereocenters. The minimum Gasteiger partial charge on any atom is -0.231 e. The summed E-state index contributed by atoms with van der Waals surface area (Å²) in [6.45, 7) is 3.59. The lowest BCUT2D eigenvalue weighted by Gasteiger charge is -2.05. The molecule has 1 atom stereocenters. The molecule has 1 aromatic heterocycles. The first-order valence-electron chi connectivity index (χ1n) is 4.16. The summed E-state index contributed by atoms with van der Waals surface area (Å²) in [5.41, 5.74) is 0.743. The lowest BCUT2D eigenvalue weighted by atomic mass is 10.3. The zero-order valence-corrected chi connectivity index (χ0v) is 10.4. The van der Waals surface area contributed by atoms with Crippen molar-refractivity contribution in [3.05, 3.63) is 11.1 Å². The number of nitrogens with zero attached hydrogens (tertiary/aromatic N) is 1. The third kappa shape index (κ3) is 2.93. The van der Waals surface area contributed by atoms with Crippen molar-refractivity contribution >= 4 is 32.8 Å². The first-order valence-corrected chi connectivity index (χ1v) is 7.23. The van der Waals surface area contributed by atoms with Crippen LogP contribution in [0.3, 0.4) is 0 Å². The van der Waals surface area contributed by atoms with Crippen LogP contribution in [0.4, 0.5) is 0 Å². The van der Waals surface area contributed by atoms with Crippen LogP contribution in [0.25, 0.3) is 0 Å². The second-order valence-corrected chi connectivity index (χ2v) is 6.67. The largest absolute Gasteiger partial charge is 0.231 e. The van der Waals surface area contributed by atoms with Gasteiger partial charge in [-0.15, -0.1) is 22.9 Å². The van der Waals surface area contributed by atoms with Crippen LogP contribution in [-0.2, 0) is 9.84 Å². The van der Waals surface area contributed by atoms with Crippen LogP contribution in [0.2, 0.25) is 0 Å². The number of alkyl halides is 1. The van der Waals surface area contributed by atoms with Gasteiger partial charge in [-0.1, -0.05) is 6.92 Å². The molecule has 0 radical (unpaired) electrons. The molecular weight excluding hydrogens is 242 g/mol. The van der Waals surface area contributed by atoms with Gasteiger partial charge in [0.05, 0.1) is 5.75 Å². The van der Waals surface area contributed by atoms with Crippen molar-refractivity contribution in [2.45, 2.75) is 18.2 Å². The topological polar surface area (TPSA) is 47.0 Å². The van der Waals surface area contributed by atoms with Gasteiger partial charge in [-0.25, -0.2) is 13.4 Å². The summed E-state index contributed by atoms with van der Waals surface area (Å²) >= 11 is 6.74. The smallest absolute Gasteiger partial charge is 0.209 e. The van der Waals surface area contributed by atoms with Gasteiger partial charge < -0.3 is 0 Å². The van der Waals surface area contributed by atoms with E-state index in [0.717, 1.165) is 5.69 Å². The Morgan fingerprint density at radius 2 is 2.29 bits per heavy atom. The van der Waals surface area contributed by atoms with Crippen molar-refractivity contribution < 1.29 is 8.42 Å². The van der Waals surface area contributed by atoms with Gasteiger partial charge >= 0.3 is 0 Å². The fraction of sp³-hybridized carbons (Fsp3) is 0.625. The molecule has 1 aromatic rings. The van der Waals surface area contributed by atoms with Gasteiger partial charge in [0.2, 0.25) is 14.2 Å². The molecule has 1 heterocycles. The second kappa shape index (κ2) is 4.59. The van der Waals surface area contributed by atoms with E-state index in [1.807, 2.05) is 6.92 Å². The highest BCUT2D eigenvalue weighted by molar-refractivity contribution is 7.93. The van der Waals surface area contributed by atoms with Crippen LogP contribution in [0, 0.1) is 12.8 Å². The Morgan fingerprint density at radius 3 is 2.71 bits per heavy atom. The summed E-state index contributed by atoms with van der Waals surface area (Å²) in [5, 5.41) is 1.73. The van der Waals surface area contributed by atoms with Gasteiger partial charge in [0.1, 0.15) is 0 Å². The predicted molar refractivity (Wildman–Crippen MR) is 58.8 cm³/mol. The summed E-state index contributed by atoms with van der Waals surface area (Å²) in [4.78, 5) is 3.96. The Labute approximate surface area is 93.0 Å². The van der Waals surface area contributed by atoms with Gasteiger partial charge in [-0.05, 0) is 12.8 Å². The monoisotopic (exact) mass is 253 g/mol. The average molecular weight is 254 g/mol. The molecule has 0 amide bonds. The van der Waals surface area contributed by atoms with Crippen LogP contribution in [0.1, 0.15) is 12.6 Å². The van der Waals surface area contributed by atoms with E-state index in [4.69, 9.17) is 11.6 Å². The Kier molecular flexibility index (Phi) is 3.92. The minimum absolute atomic E-state index is 0.0362. The maximum atomic E-state index is 11.7. The van der Waals surface area contributed by atoms with E-state index >= 15 is 0 Å². The lowest BCUT2D eigenvalue weighted by Crippen LogP contribution is -2.15. The Bertz CT molecular complexity index is 399. The fourth-order valence-electron chi connectivity index (χ4n) is 0.966. The molecule has 1 rings (SSSR count). The first-order chi connectivity index (χ1) is 6.45. The van der Waals surface area contributed by atoms with E-state index in [1.54, 1.807) is 12.3 Å². The lowest BCUT2D eigenvalue weighted by molar-refractivity contribution is 0.582. The number of thiazole rings is 1. The molecular formula is C8H12ClNO2S2. The molecule has 14 heavy (non-hydrogen) atoms. The predicted octanol–water partition coefficient (Wildman–Crippen LogP) is 2.10. The number of halogens is 1. The average Bonchev–Trinajstić information content (AvgIpc) is 2.51. The van der Waals surface area contributed by atoms with Gasteiger partial charge in [-0.3, -0.25) is 0 Å². The molecule has 0 fully saturated rings. The number of hydrogen-bond acceptors (Lipinski definition) is 4. The quantitative estimate of drug-likeness (QED) is 0.772. The van der Waals surface area contributed by atoms with Crippen LogP contribution in [-0.4, -0.2) is 25.0 Å². The molecule has 0 saturated heterocycles. The highest BCUT2D eigenvalue weighted by Crippen LogP contribution is 2.19. The molecule has 80 valence electrons. The molecule has 0 aromatic carbocycles. The zero-order valence-electron chi connectivity index (χ0n) is 8.03. The first kappa shape index (κ1) is 11.9. The highest BCUT2D eigenvalue weighted by Gasteiger charge is 2.20. The molecule has 0 aliphatic rings. The Balaban J connectivity index is 2.86. The van der Waals surface area contributed by atoms with Crippen molar-refractivity contribution in [1.82, 2.24) is 4.98 Å². The third-order valence-corrected chi connectivity index (χ3v) is 5.59. The summed E-state index contributed by atoms with van der Waals surface area (Å²) in [5.74, 6) is 0.387. The maximum Gasteiger partial charge on any atom is 0.209 e. The standard InChI is InChI=1S/C8H12ClNO2S2/c1-6(3-9)5-14(11,12)8-10-7(2)4-13-8/h4,6H,3,5H2,1-2H3. The Morgan fingerprint density at radius 1 is 1.64 bits per heavy atom. The summed E-state index contributed by atoms with van der Waals surface area (Å²) < 4.78 is 23.6. The number of sulfone groups is 1. The van der Waals surface area contributed by atoms with Gasteiger partial charge in [-0.2, -0.15) is 0 Å². The van der Waals surface area contributed by atoms with E-state index in [2.05, 4.69) is 4.98 Å². The van der Waals surface area contributed by atoms with Crippen molar-refractivity contribution in [3.63, 3.8) is 0 Å². The van der Waals surface area contributed by atoms with E-state index in [0.29, 0.717) is 5.88 Å². The van der Waals surface area contributed by atoms with Gasteiger partial charge in [0.25, 0.3) is 0 Å². The SMILES string of the molecule is Cc1csc(S(=O)(=O)CC(C)CCl)n1. The normalized spacial score (nSPS) is 14.2. The van der Waals surface area contributed by atoms with Crippen molar-refractivity contribution in [1.29, 1.82) is 0 Å². The van der Waals surface area contributed by atoms with E-state index in [-0.39, 0.29) is 16.0 Å². The number of rotatable bonds is 4. The molecule has 6 heteroatoms. The number of aromatic nitrogens is 1. The second-order valence-electron chi connectivity index (χ2n) is 3.30. The fourth-order valence-corrected chi connectivity index (χ4v) is 3.95. The molecule has 0 aliphatic heterocycles. The van der Waals surface area contributed by atoms with Gasteiger partial charge in [0, 0.05) is 17.0 Å². The molecule has 0 aliphatic carbocycles. The highest BCUT2D eigenvalue weighted by atomic mass is 35.5. The molecule has 0 N–H and O–H groups in total. The molecule has 3 nitrogen and oxygen atoms in total. The van der Waals surface area contributed by atoms with Crippen molar-refractivity contribution in [3.8, 4) is 0 Å². The summed E-state index contributed by atoms with van der Waals surface area (Å²) in [7, 11) is -3.23. The zero-order chi connectivity index (χ0) is 10.8. The molecule has 0 saturated carbocycles. The van der Waals surface area contributed by atoms with E-state index < -0.39 is 9.84 Å².